The number of aryl methyl sites for hydroxylation is 5. The number of hydrogen-bond donors (Lipinski definition) is 0. The number of thiazole rings is 1. The summed E-state index contributed by atoms with van der Waals surface area (Å²) in [5.74, 6) is 0. The number of aromatic nitrogens is 3. The van der Waals surface area contributed by atoms with Gasteiger partial charge >= 0.3 is 0 Å². The third kappa shape index (κ3) is 4.46. The predicted octanol–water partition coefficient (Wildman–Crippen LogP) is 5.97. The highest BCUT2D eigenvalue weighted by atomic mass is 32.1. The maximum Gasteiger partial charge on any atom is 0.190 e. The Morgan fingerprint density at radius 2 is 1.80 bits per heavy atom. The molecule has 2 heterocycles. The minimum Gasteiger partial charge on any atom is -0.337 e. The van der Waals surface area contributed by atoms with E-state index < -0.39 is 0 Å². The van der Waals surface area contributed by atoms with Gasteiger partial charge in [-0.2, -0.15) is 0 Å². The molecule has 0 bridgehead atoms. The number of nitrogens with zero attached hydrogens (tertiary/aromatic N) is 4. The highest BCUT2D eigenvalue weighted by Gasteiger charge is 2.10. The molecule has 2 aromatic heterocycles. The van der Waals surface area contributed by atoms with Crippen LogP contribution in [0.3, 0.4) is 0 Å². The van der Waals surface area contributed by atoms with Crippen LogP contribution < -0.4 is 4.80 Å². The lowest BCUT2D eigenvalue weighted by molar-refractivity contribution is 0.559. The molecule has 5 heteroatoms. The van der Waals surface area contributed by atoms with Crippen molar-refractivity contribution in [2.45, 2.75) is 47.2 Å². The number of hydrogen-bond acceptors (Lipinski definition) is 3. The molecule has 0 spiro atoms. The SMILES string of the molecule is Cc1ccc(N=c2scc(-c3ccc(C)c(C)c3)n2CCCn2ccnc2)c(C)c1. The summed E-state index contributed by atoms with van der Waals surface area (Å²) >= 11 is 1.71. The zero-order chi connectivity index (χ0) is 21.1. The van der Waals surface area contributed by atoms with E-state index in [1.807, 2.05) is 18.7 Å². The third-order valence-electron chi connectivity index (χ3n) is 5.53. The molecule has 0 aliphatic rings. The van der Waals surface area contributed by atoms with Gasteiger partial charge in [-0.05, 0) is 68.5 Å². The average Bonchev–Trinajstić information content (AvgIpc) is 3.37. The first-order valence-corrected chi connectivity index (χ1v) is 11.2. The van der Waals surface area contributed by atoms with E-state index in [2.05, 4.69) is 83.6 Å². The van der Waals surface area contributed by atoms with E-state index in [1.165, 1.54) is 33.5 Å². The Hall–Kier alpha value is -2.92. The summed E-state index contributed by atoms with van der Waals surface area (Å²) in [6.45, 7) is 10.4. The van der Waals surface area contributed by atoms with Crippen molar-refractivity contribution >= 4 is 17.0 Å². The van der Waals surface area contributed by atoms with E-state index in [-0.39, 0.29) is 0 Å². The van der Waals surface area contributed by atoms with Crippen LogP contribution in [0, 0.1) is 27.7 Å². The van der Waals surface area contributed by atoms with Crippen molar-refractivity contribution in [1.82, 2.24) is 14.1 Å². The van der Waals surface area contributed by atoms with Gasteiger partial charge in [-0.25, -0.2) is 9.98 Å². The van der Waals surface area contributed by atoms with Crippen LogP contribution >= 0.6 is 11.3 Å². The standard InChI is InChI=1S/C25H28N4S/c1-18-6-9-23(21(4)14-18)27-25-29(12-5-11-28-13-10-26-17-28)24(16-30-25)22-8-7-19(2)20(3)15-22/h6-10,13-17H,5,11-12H2,1-4H3. The van der Waals surface area contributed by atoms with Crippen molar-refractivity contribution in [2.24, 2.45) is 4.99 Å². The molecule has 0 N–H and O–H groups in total. The molecule has 2 aromatic carbocycles. The van der Waals surface area contributed by atoms with Gasteiger partial charge in [-0.3, -0.25) is 0 Å². The Morgan fingerprint density at radius 1 is 0.933 bits per heavy atom. The van der Waals surface area contributed by atoms with E-state index >= 15 is 0 Å². The Bertz CT molecular complexity index is 1210. The molecule has 0 amide bonds. The second kappa shape index (κ2) is 8.84. The first-order chi connectivity index (χ1) is 14.5. The Balaban J connectivity index is 1.74. The number of imidazole rings is 1. The van der Waals surface area contributed by atoms with Crippen LogP contribution in [0.5, 0.6) is 0 Å². The smallest absolute Gasteiger partial charge is 0.190 e. The highest BCUT2D eigenvalue weighted by Crippen LogP contribution is 2.25. The molecule has 4 nitrogen and oxygen atoms in total. The van der Waals surface area contributed by atoms with Gasteiger partial charge in [0.1, 0.15) is 0 Å². The van der Waals surface area contributed by atoms with Gasteiger partial charge in [0, 0.05) is 30.9 Å². The molecule has 0 aliphatic carbocycles. The molecule has 4 rings (SSSR count). The molecule has 0 saturated heterocycles. The average molecular weight is 417 g/mol. The van der Waals surface area contributed by atoms with Crippen LogP contribution in [-0.4, -0.2) is 14.1 Å². The van der Waals surface area contributed by atoms with Gasteiger partial charge < -0.3 is 9.13 Å². The van der Waals surface area contributed by atoms with Gasteiger partial charge in [0.2, 0.25) is 0 Å². The van der Waals surface area contributed by atoms with Crippen LogP contribution in [0.1, 0.15) is 28.7 Å². The monoisotopic (exact) mass is 416 g/mol. The second-order valence-corrected chi connectivity index (χ2v) is 8.75. The summed E-state index contributed by atoms with van der Waals surface area (Å²) in [4.78, 5) is 10.2. The molecule has 30 heavy (non-hydrogen) atoms. The number of benzene rings is 2. The minimum absolute atomic E-state index is 0.910. The summed E-state index contributed by atoms with van der Waals surface area (Å²) < 4.78 is 4.49. The van der Waals surface area contributed by atoms with Crippen molar-refractivity contribution in [3.05, 3.63) is 87.6 Å². The number of rotatable bonds is 6. The minimum atomic E-state index is 0.910. The lowest BCUT2D eigenvalue weighted by Crippen LogP contribution is -2.17. The zero-order valence-electron chi connectivity index (χ0n) is 18.1. The fourth-order valence-electron chi connectivity index (χ4n) is 3.63. The molecule has 0 aliphatic heterocycles. The van der Waals surface area contributed by atoms with E-state index in [0.717, 1.165) is 30.0 Å². The summed E-state index contributed by atoms with van der Waals surface area (Å²) in [5.41, 5.74) is 8.63. The largest absolute Gasteiger partial charge is 0.337 e. The zero-order valence-corrected chi connectivity index (χ0v) is 18.9. The van der Waals surface area contributed by atoms with Gasteiger partial charge in [-0.15, -0.1) is 11.3 Å². The third-order valence-corrected chi connectivity index (χ3v) is 6.39. The molecule has 154 valence electrons. The van der Waals surface area contributed by atoms with Gasteiger partial charge in [-0.1, -0.05) is 29.8 Å². The van der Waals surface area contributed by atoms with Crippen LogP contribution in [0.2, 0.25) is 0 Å². The first kappa shape index (κ1) is 20.4. The normalized spacial score (nSPS) is 11.9. The molecule has 4 aromatic rings. The Morgan fingerprint density at radius 3 is 2.53 bits per heavy atom. The topological polar surface area (TPSA) is 35.1 Å². The summed E-state index contributed by atoms with van der Waals surface area (Å²) in [6, 6.07) is 13.2. The molecular weight excluding hydrogens is 388 g/mol. The van der Waals surface area contributed by atoms with Gasteiger partial charge in [0.25, 0.3) is 0 Å². The Labute approximate surface area is 182 Å². The summed E-state index contributed by atoms with van der Waals surface area (Å²) in [5, 5.41) is 2.24. The van der Waals surface area contributed by atoms with Gasteiger partial charge in [0.15, 0.2) is 4.80 Å². The molecule has 0 unspecified atom stereocenters. The maximum atomic E-state index is 5.05. The van der Waals surface area contributed by atoms with E-state index in [0.29, 0.717) is 0 Å². The highest BCUT2D eigenvalue weighted by molar-refractivity contribution is 7.07. The molecule has 0 atom stereocenters. The van der Waals surface area contributed by atoms with Crippen molar-refractivity contribution < 1.29 is 0 Å². The predicted molar refractivity (Wildman–Crippen MR) is 125 cm³/mol. The lowest BCUT2D eigenvalue weighted by atomic mass is 10.0. The summed E-state index contributed by atoms with van der Waals surface area (Å²) in [6.07, 6.45) is 6.75. The molecule has 0 radical (unpaired) electrons. The van der Waals surface area contributed by atoms with E-state index in [9.17, 15) is 0 Å². The van der Waals surface area contributed by atoms with Crippen LogP contribution in [0.4, 0.5) is 5.69 Å². The fourth-order valence-corrected chi connectivity index (χ4v) is 4.58. The Kier molecular flexibility index (Phi) is 6.00. The van der Waals surface area contributed by atoms with Gasteiger partial charge in [0.05, 0.1) is 17.7 Å². The van der Waals surface area contributed by atoms with Crippen molar-refractivity contribution in [3.8, 4) is 11.3 Å². The van der Waals surface area contributed by atoms with Crippen LogP contribution in [0.25, 0.3) is 11.3 Å². The van der Waals surface area contributed by atoms with E-state index in [1.54, 1.807) is 11.3 Å². The molecular formula is C25H28N4S. The van der Waals surface area contributed by atoms with E-state index in [4.69, 9.17) is 4.99 Å². The molecule has 0 saturated carbocycles. The quantitative estimate of drug-likeness (QED) is 0.381. The first-order valence-electron chi connectivity index (χ1n) is 10.3. The maximum absolute atomic E-state index is 5.05. The van der Waals surface area contributed by atoms with Crippen molar-refractivity contribution in [2.75, 3.05) is 0 Å². The van der Waals surface area contributed by atoms with Crippen LogP contribution in [0.15, 0.2) is 65.5 Å². The van der Waals surface area contributed by atoms with Crippen molar-refractivity contribution in [1.29, 1.82) is 0 Å². The van der Waals surface area contributed by atoms with Crippen LogP contribution in [-0.2, 0) is 13.1 Å². The lowest BCUT2D eigenvalue weighted by Gasteiger charge is -2.11. The molecule has 0 fully saturated rings. The fraction of sp³-hybridized carbons (Fsp3) is 0.280. The summed E-state index contributed by atoms with van der Waals surface area (Å²) in [7, 11) is 0. The van der Waals surface area contributed by atoms with Crippen molar-refractivity contribution in [3.63, 3.8) is 0 Å². The second-order valence-electron chi connectivity index (χ2n) is 7.91.